The highest BCUT2D eigenvalue weighted by Gasteiger charge is 2.50. The van der Waals surface area contributed by atoms with Crippen LogP contribution in [-0.2, 0) is 19.1 Å². The van der Waals surface area contributed by atoms with Gasteiger partial charge in [-0.2, -0.15) is 0 Å². The van der Waals surface area contributed by atoms with Crippen molar-refractivity contribution in [3.05, 3.63) is 0 Å². The minimum absolute atomic E-state index is 0.186. The van der Waals surface area contributed by atoms with Crippen LogP contribution in [0.15, 0.2) is 0 Å². The van der Waals surface area contributed by atoms with Crippen molar-refractivity contribution in [2.24, 2.45) is 11.8 Å². The largest absolute Gasteiger partial charge is 0.467 e. The fraction of sp³-hybridized carbons (Fsp3) is 0.846. The zero-order valence-electron chi connectivity index (χ0n) is 11.2. The van der Waals surface area contributed by atoms with Crippen molar-refractivity contribution in [1.82, 2.24) is 5.32 Å². The van der Waals surface area contributed by atoms with Gasteiger partial charge in [-0.3, -0.25) is 4.79 Å². The van der Waals surface area contributed by atoms with Gasteiger partial charge in [0.15, 0.2) is 0 Å². The lowest BCUT2D eigenvalue weighted by molar-refractivity contribution is -0.153. The third-order valence-corrected chi connectivity index (χ3v) is 4.03. The second kappa shape index (κ2) is 4.88. The first-order valence-corrected chi connectivity index (χ1v) is 6.51. The van der Waals surface area contributed by atoms with Crippen LogP contribution < -0.4 is 5.32 Å². The first-order chi connectivity index (χ1) is 8.49. The Labute approximate surface area is 107 Å². The van der Waals surface area contributed by atoms with E-state index in [1.165, 1.54) is 7.11 Å². The summed E-state index contributed by atoms with van der Waals surface area (Å²) >= 11 is 0. The van der Waals surface area contributed by atoms with Gasteiger partial charge in [0.25, 0.3) is 0 Å². The van der Waals surface area contributed by atoms with Crippen LogP contribution in [0.4, 0.5) is 0 Å². The van der Waals surface area contributed by atoms with Gasteiger partial charge in [0.05, 0.1) is 7.11 Å². The summed E-state index contributed by atoms with van der Waals surface area (Å²) in [4.78, 5) is 24.0. The van der Waals surface area contributed by atoms with Gasteiger partial charge in [0, 0.05) is 6.61 Å². The molecular formula is C13H21NO4. The third-order valence-electron chi connectivity index (χ3n) is 4.03. The monoisotopic (exact) mass is 255 g/mol. The topological polar surface area (TPSA) is 64.6 Å². The van der Waals surface area contributed by atoms with Crippen LogP contribution in [0.2, 0.25) is 0 Å². The molecule has 2 aliphatic rings. The van der Waals surface area contributed by atoms with E-state index in [0.29, 0.717) is 6.61 Å². The predicted octanol–water partition coefficient (Wildman–Crippen LogP) is 0.869. The van der Waals surface area contributed by atoms with E-state index in [0.717, 1.165) is 19.3 Å². The Kier molecular flexibility index (Phi) is 3.61. The Hall–Kier alpha value is -1.10. The Morgan fingerprint density at radius 1 is 1.33 bits per heavy atom. The number of hydrogen-bond donors (Lipinski definition) is 1. The van der Waals surface area contributed by atoms with Crippen molar-refractivity contribution in [3.63, 3.8) is 0 Å². The highest BCUT2D eigenvalue weighted by atomic mass is 16.5. The van der Waals surface area contributed by atoms with E-state index < -0.39 is 11.6 Å². The number of ether oxygens (including phenoxy) is 2. The lowest BCUT2D eigenvalue weighted by Gasteiger charge is -2.29. The molecule has 0 radical (unpaired) electrons. The molecule has 2 rings (SSSR count). The first-order valence-electron chi connectivity index (χ1n) is 6.51. The molecule has 1 aliphatic carbocycles. The van der Waals surface area contributed by atoms with Crippen LogP contribution in [0.3, 0.4) is 0 Å². The van der Waals surface area contributed by atoms with E-state index >= 15 is 0 Å². The SMILES string of the molecule is COC(=O)[C@](C)(NC(=O)[C@H]1OCC[C@@H]1C)C1CC1. The lowest BCUT2D eigenvalue weighted by Crippen LogP contribution is -2.57. The van der Waals surface area contributed by atoms with E-state index in [1.54, 1.807) is 6.92 Å². The Bertz CT molecular complexity index is 353. The number of amides is 1. The fourth-order valence-electron chi connectivity index (χ4n) is 2.55. The van der Waals surface area contributed by atoms with Gasteiger partial charge in [0.1, 0.15) is 11.6 Å². The summed E-state index contributed by atoms with van der Waals surface area (Å²) in [5.41, 5.74) is -0.905. The molecule has 1 N–H and O–H groups in total. The molecule has 0 aromatic carbocycles. The van der Waals surface area contributed by atoms with Gasteiger partial charge in [0.2, 0.25) is 5.91 Å². The molecule has 5 nitrogen and oxygen atoms in total. The number of hydrogen-bond acceptors (Lipinski definition) is 4. The van der Waals surface area contributed by atoms with Crippen LogP contribution in [-0.4, -0.2) is 37.2 Å². The van der Waals surface area contributed by atoms with E-state index in [1.807, 2.05) is 6.92 Å². The Morgan fingerprint density at radius 3 is 2.44 bits per heavy atom. The van der Waals surface area contributed by atoms with E-state index in [9.17, 15) is 9.59 Å². The Morgan fingerprint density at radius 2 is 2.00 bits per heavy atom. The smallest absolute Gasteiger partial charge is 0.331 e. The van der Waals surface area contributed by atoms with Crippen LogP contribution in [0.5, 0.6) is 0 Å². The fourth-order valence-corrected chi connectivity index (χ4v) is 2.55. The number of carbonyl (C=O) groups is 2. The standard InChI is InChI=1S/C13H21NO4/c1-8-6-7-18-10(8)11(15)14-13(2,9-4-5-9)12(16)17-3/h8-10H,4-7H2,1-3H3,(H,14,15)/t8-,10-,13+/m0/s1. The minimum atomic E-state index is -0.905. The maximum atomic E-state index is 12.2. The minimum Gasteiger partial charge on any atom is -0.467 e. The number of carbonyl (C=O) groups excluding carboxylic acids is 2. The van der Waals surface area contributed by atoms with Gasteiger partial charge < -0.3 is 14.8 Å². The highest BCUT2D eigenvalue weighted by molar-refractivity contribution is 5.90. The average Bonchev–Trinajstić information content (AvgIpc) is 3.11. The molecule has 3 atom stereocenters. The second-order valence-electron chi connectivity index (χ2n) is 5.51. The van der Waals surface area contributed by atoms with Gasteiger partial charge >= 0.3 is 5.97 Å². The summed E-state index contributed by atoms with van der Waals surface area (Å²) < 4.78 is 10.2. The predicted molar refractivity (Wildman–Crippen MR) is 64.8 cm³/mol. The van der Waals surface area contributed by atoms with Crippen molar-refractivity contribution in [1.29, 1.82) is 0 Å². The molecular weight excluding hydrogens is 234 g/mol. The molecule has 1 saturated heterocycles. The molecule has 0 spiro atoms. The van der Waals surface area contributed by atoms with Crippen molar-refractivity contribution in [3.8, 4) is 0 Å². The molecule has 18 heavy (non-hydrogen) atoms. The normalized spacial score (nSPS) is 30.6. The molecule has 5 heteroatoms. The summed E-state index contributed by atoms with van der Waals surface area (Å²) in [6.07, 6.45) is 2.35. The van der Waals surface area contributed by atoms with Gasteiger partial charge in [-0.05, 0) is 38.0 Å². The molecule has 0 aromatic rings. The average molecular weight is 255 g/mol. The van der Waals surface area contributed by atoms with E-state index in [2.05, 4.69) is 5.32 Å². The van der Waals surface area contributed by atoms with Crippen molar-refractivity contribution in [2.75, 3.05) is 13.7 Å². The highest BCUT2D eigenvalue weighted by Crippen LogP contribution is 2.40. The molecule has 1 amide bonds. The zero-order chi connectivity index (χ0) is 13.3. The molecule has 2 fully saturated rings. The molecule has 0 unspecified atom stereocenters. The van der Waals surface area contributed by atoms with Crippen molar-refractivity contribution < 1.29 is 19.1 Å². The van der Waals surface area contributed by atoms with Gasteiger partial charge in [-0.15, -0.1) is 0 Å². The summed E-state index contributed by atoms with van der Waals surface area (Å²) in [5, 5.41) is 2.84. The summed E-state index contributed by atoms with van der Waals surface area (Å²) in [6, 6.07) is 0. The second-order valence-corrected chi connectivity index (χ2v) is 5.51. The van der Waals surface area contributed by atoms with Gasteiger partial charge in [-0.1, -0.05) is 6.92 Å². The summed E-state index contributed by atoms with van der Waals surface area (Å²) in [6.45, 7) is 4.34. The van der Waals surface area contributed by atoms with Crippen LogP contribution in [0, 0.1) is 11.8 Å². The zero-order valence-corrected chi connectivity index (χ0v) is 11.2. The first kappa shape index (κ1) is 13.3. The summed E-state index contributed by atoms with van der Waals surface area (Å²) in [5.74, 6) is -0.180. The number of esters is 1. The van der Waals surface area contributed by atoms with Crippen molar-refractivity contribution >= 4 is 11.9 Å². The number of nitrogens with one attached hydrogen (secondary N) is 1. The molecule has 0 bridgehead atoms. The van der Waals surface area contributed by atoms with Gasteiger partial charge in [-0.25, -0.2) is 4.79 Å². The maximum Gasteiger partial charge on any atom is 0.331 e. The summed E-state index contributed by atoms with van der Waals surface area (Å²) in [7, 11) is 1.35. The molecule has 102 valence electrons. The van der Waals surface area contributed by atoms with Crippen LogP contribution in [0.25, 0.3) is 0 Å². The molecule has 1 heterocycles. The van der Waals surface area contributed by atoms with E-state index in [-0.39, 0.29) is 23.7 Å². The van der Waals surface area contributed by atoms with E-state index in [4.69, 9.17) is 9.47 Å². The third kappa shape index (κ3) is 2.36. The van der Waals surface area contributed by atoms with Crippen LogP contribution >= 0.6 is 0 Å². The molecule has 0 aromatic heterocycles. The van der Waals surface area contributed by atoms with Crippen LogP contribution in [0.1, 0.15) is 33.1 Å². The quantitative estimate of drug-likeness (QED) is 0.757. The molecule has 1 aliphatic heterocycles. The number of rotatable bonds is 4. The maximum absolute atomic E-state index is 12.2. The number of methoxy groups -OCH3 is 1. The Balaban J connectivity index is 2.05. The lowest BCUT2D eigenvalue weighted by atomic mass is 9.94. The van der Waals surface area contributed by atoms with Crippen molar-refractivity contribution in [2.45, 2.75) is 44.8 Å². The molecule has 1 saturated carbocycles.